The molecule has 0 spiro atoms. The summed E-state index contributed by atoms with van der Waals surface area (Å²) in [5.41, 5.74) is -0.757. The Hall–Kier alpha value is -0.310. The summed E-state index contributed by atoms with van der Waals surface area (Å²) < 4.78 is 1.94. The van der Waals surface area contributed by atoms with Crippen LogP contribution in [0.5, 0.6) is 0 Å². The summed E-state index contributed by atoms with van der Waals surface area (Å²) in [6.45, 7) is 1.95. The van der Waals surface area contributed by atoms with Gasteiger partial charge in [0, 0.05) is 11.8 Å². The molecule has 1 aliphatic carbocycles. The first kappa shape index (κ1) is 17.1. The van der Waals surface area contributed by atoms with E-state index in [4.69, 9.17) is 0 Å². The third kappa shape index (κ3) is 4.84. The van der Waals surface area contributed by atoms with Crippen LogP contribution in [0.4, 0.5) is 0 Å². The molecule has 1 atom stereocenters. The van der Waals surface area contributed by atoms with Crippen LogP contribution in [0.2, 0.25) is 0 Å². The van der Waals surface area contributed by atoms with Crippen molar-refractivity contribution in [3.05, 3.63) is 0 Å². The molecule has 1 saturated carbocycles. The Morgan fingerprint density at radius 2 is 2.19 bits per heavy atom. The number of thioether (sulfide) groups is 2. The highest BCUT2D eigenvalue weighted by Crippen LogP contribution is 2.30. The van der Waals surface area contributed by atoms with Gasteiger partial charge in [0.1, 0.15) is 5.54 Å². The van der Waals surface area contributed by atoms with Gasteiger partial charge in [-0.25, -0.2) is 0 Å². The summed E-state index contributed by atoms with van der Waals surface area (Å²) in [4.78, 5) is 11.6. The molecule has 1 fully saturated rings. The van der Waals surface area contributed by atoms with Crippen molar-refractivity contribution in [2.75, 3.05) is 12.0 Å². The predicted octanol–water partition coefficient (Wildman–Crippen LogP) is 3.12. The zero-order valence-electron chi connectivity index (χ0n) is 12.3. The second kappa shape index (κ2) is 7.80. The zero-order chi connectivity index (χ0) is 15.3. The molecule has 2 rings (SSSR count). The third-order valence-electron chi connectivity index (χ3n) is 3.61. The fourth-order valence-corrected chi connectivity index (χ4v) is 4.61. The van der Waals surface area contributed by atoms with E-state index in [1.54, 1.807) is 34.9 Å². The van der Waals surface area contributed by atoms with Crippen molar-refractivity contribution in [3.63, 3.8) is 0 Å². The van der Waals surface area contributed by atoms with Crippen LogP contribution in [0.15, 0.2) is 8.68 Å². The van der Waals surface area contributed by atoms with Crippen LogP contribution in [0.1, 0.15) is 39.0 Å². The van der Waals surface area contributed by atoms with Gasteiger partial charge in [-0.05, 0) is 38.4 Å². The monoisotopic (exact) mass is 347 g/mol. The lowest BCUT2D eigenvalue weighted by Gasteiger charge is -2.29. The van der Waals surface area contributed by atoms with Gasteiger partial charge in [0.05, 0.1) is 0 Å². The molecule has 1 unspecified atom stereocenters. The molecule has 8 heteroatoms. The summed E-state index contributed by atoms with van der Waals surface area (Å²) >= 11 is 4.86. The maximum atomic E-state index is 11.6. The minimum Gasteiger partial charge on any atom is -0.480 e. The third-order valence-corrected chi connectivity index (χ3v) is 6.73. The highest BCUT2D eigenvalue weighted by molar-refractivity contribution is 8.02. The lowest BCUT2D eigenvalue weighted by atomic mass is 9.90. The van der Waals surface area contributed by atoms with Gasteiger partial charge in [0.2, 0.25) is 0 Å². The second-order valence-electron chi connectivity index (χ2n) is 5.15. The molecule has 5 nitrogen and oxygen atoms in total. The molecule has 21 heavy (non-hydrogen) atoms. The highest BCUT2D eigenvalue weighted by atomic mass is 32.2. The van der Waals surface area contributed by atoms with E-state index in [0.717, 1.165) is 33.7 Å². The Bertz CT molecular complexity index is 479. The number of carbonyl (C=O) groups is 1. The van der Waals surface area contributed by atoms with E-state index in [1.165, 1.54) is 0 Å². The van der Waals surface area contributed by atoms with Gasteiger partial charge < -0.3 is 5.11 Å². The van der Waals surface area contributed by atoms with Gasteiger partial charge in [0.25, 0.3) is 0 Å². The fraction of sp³-hybridized carbons (Fsp3) is 0.769. The van der Waals surface area contributed by atoms with Gasteiger partial charge in [-0.15, -0.1) is 10.2 Å². The largest absolute Gasteiger partial charge is 0.480 e. The minimum atomic E-state index is -0.757. The van der Waals surface area contributed by atoms with Crippen molar-refractivity contribution in [2.24, 2.45) is 0 Å². The first-order chi connectivity index (χ1) is 10.1. The number of nitrogens with one attached hydrogen (secondary N) is 1. The molecule has 1 aliphatic rings. The summed E-state index contributed by atoms with van der Waals surface area (Å²) in [6.07, 6.45) is 6.34. The predicted molar refractivity (Wildman–Crippen MR) is 88.5 cm³/mol. The number of carboxylic acids is 1. The van der Waals surface area contributed by atoms with Crippen molar-refractivity contribution in [2.45, 2.75) is 59.3 Å². The Labute approximate surface area is 137 Å². The van der Waals surface area contributed by atoms with E-state index in [2.05, 4.69) is 15.5 Å². The number of hydrogen-bond acceptors (Lipinski definition) is 7. The Balaban J connectivity index is 1.79. The van der Waals surface area contributed by atoms with Crippen LogP contribution in [0.3, 0.4) is 0 Å². The van der Waals surface area contributed by atoms with Crippen LogP contribution in [-0.4, -0.2) is 44.9 Å². The average molecular weight is 348 g/mol. The first-order valence-corrected chi connectivity index (χ1v) is 10.1. The normalized spacial score (nSPS) is 17.6. The molecule has 0 amide bonds. The molecule has 2 N–H and O–H groups in total. The van der Waals surface area contributed by atoms with Gasteiger partial charge in [-0.1, -0.05) is 41.8 Å². The summed E-state index contributed by atoms with van der Waals surface area (Å²) in [6, 6.07) is 0.404. The molecule has 0 radical (unpaired) electrons. The Kier molecular flexibility index (Phi) is 6.34. The topological polar surface area (TPSA) is 75.1 Å². The van der Waals surface area contributed by atoms with E-state index < -0.39 is 11.5 Å². The molecular formula is C13H21N3O2S3. The summed E-state index contributed by atoms with van der Waals surface area (Å²) in [5.74, 6) is 0.159. The standard InChI is InChI=1S/C13H21N3O2S3/c1-3-13(10(17)18,14-9-5-6-9)7-4-8-20-12-16-15-11(19-2)21-12/h9,14H,3-8H2,1-2H3,(H,17,18). The van der Waals surface area contributed by atoms with Gasteiger partial charge in [0.15, 0.2) is 8.68 Å². The van der Waals surface area contributed by atoms with Crippen molar-refractivity contribution in [1.82, 2.24) is 15.5 Å². The molecule has 0 aliphatic heterocycles. The van der Waals surface area contributed by atoms with Crippen LogP contribution in [0.25, 0.3) is 0 Å². The van der Waals surface area contributed by atoms with E-state index in [9.17, 15) is 9.90 Å². The SMILES string of the molecule is CCC(CCCSc1nnc(SC)s1)(NC1CC1)C(=O)O. The number of carboxylic acid groups (broad SMARTS) is 1. The summed E-state index contributed by atoms with van der Waals surface area (Å²) in [7, 11) is 0. The van der Waals surface area contributed by atoms with E-state index >= 15 is 0 Å². The molecule has 0 bridgehead atoms. The molecular weight excluding hydrogens is 326 g/mol. The van der Waals surface area contributed by atoms with Gasteiger partial charge >= 0.3 is 5.97 Å². The van der Waals surface area contributed by atoms with E-state index in [-0.39, 0.29) is 0 Å². The minimum absolute atomic E-state index is 0.404. The Morgan fingerprint density at radius 1 is 1.48 bits per heavy atom. The number of hydrogen-bond donors (Lipinski definition) is 2. The van der Waals surface area contributed by atoms with Crippen molar-refractivity contribution in [1.29, 1.82) is 0 Å². The maximum Gasteiger partial charge on any atom is 0.323 e. The maximum absolute atomic E-state index is 11.6. The molecule has 1 aromatic heterocycles. The lowest BCUT2D eigenvalue weighted by Crippen LogP contribution is -2.52. The number of aromatic nitrogens is 2. The quantitative estimate of drug-likeness (QED) is 0.497. The fourth-order valence-electron chi connectivity index (χ4n) is 2.16. The van der Waals surface area contributed by atoms with E-state index in [0.29, 0.717) is 18.9 Å². The summed E-state index contributed by atoms with van der Waals surface area (Å²) in [5, 5.41) is 21.1. The van der Waals surface area contributed by atoms with Crippen molar-refractivity contribution >= 4 is 40.8 Å². The van der Waals surface area contributed by atoms with E-state index in [1.807, 2.05) is 13.2 Å². The molecule has 0 saturated heterocycles. The van der Waals surface area contributed by atoms with Crippen LogP contribution >= 0.6 is 34.9 Å². The van der Waals surface area contributed by atoms with Crippen LogP contribution < -0.4 is 5.32 Å². The number of rotatable bonds is 10. The number of aliphatic carboxylic acids is 1. The second-order valence-corrected chi connectivity index (χ2v) is 8.52. The highest BCUT2D eigenvalue weighted by Gasteiger charge is 2.40. The van der Waals surface area contributed by atoms with Crippen molar-refractivity contribution < 1.29 is 9.90 Å². The lowest BCUT2D eigenvalue weighted by molar-refractivity contribution is -0.145. The number of nitrogens with zero attached hydrogens (tertiary/aromatic N) is 2. The van der Waals surface area contributed by atoms with Crippen molar-refractivity contribution in [3.8, 4) is 0 Å². The smallest absolute Gasteiger partial charge is 0.323 e. The molecule has 1 heterocycles. The molecule has 0 aromatic carbocycles. The van der Waals surface area contributed by atoms with Crippen LogP contribution in [0, 0.1) is 0 Å². The molecule has 1 aromatic rings. The van der Waals surface area contributed by atoms with Crippen LogP contribution in [-0.2, 0) is 4.79 Å². The zero-order valence-corrected chi connectivity index (χ0v) is 14.7. The molecule has 118 valence electrons. The van der Waals surface area contributed by atoms with Gasteiger partial charge in [-0.3, -0.25) is 10.1 Å². The van der Waals surface area contributed by atoms with Gasteiger partial charge in [-0.2, -0.15) is 0 Å². The first-order valence-electron chi connectivity index (χ1n) is 7.11. The average Bonchev–Trinajstić information content (AvgIpc) is 3.17. The Morgan fingerprint density at radius 3 is 2.71 bits per heavy atom.